The number of carbonyl (C=O) groups is 1. The normalized spacial score (nSPS) is 18.4. The van der Waals surface area contributed by atoms with Crippen LogP contribution in [0.3, 0.4) is 0 Å². The first kappa shape index (κ1) is 12.7. The third-order valence-corrected chi connectivity index (χ3v) is 3.35. The summed E-state index contributed by atoms with van der Waals surface area (Å²) in [7, 11) is 0. The van der Waals surface area contributed by atoms with Crippen LogP contribution < -0.4 is 4.90 Å². The van der Waals surface area contributed by atoms with E-state index in [1.807, 2.05) is 6.92 Å². The van der Waals surface area contributed by atoms with E-state index in [0.29, 0.717) is 17.9 Å². The van der Waals surface area contributed by atoms with Crippen molar-refractivity contribution in [3.63, 3.8) is 0 Å². The number of rotatable bonds is 3. The van der Waals surface area contributed by atoms with Crippen LogP contribution in [0.4, 0.5) is 14.9 Å². The monoisotopic (exact) mass is 275 g/mol. The zero-order valence-corrected chi connectivity index (χ0v) is 11.0. The number of hydrogen-bond acceptors (Lipinski definition) is 3. The van der Waals surface area contributed by atoms with Gasteiger partial charge in [0.1, 0.15) is 11.9 Å². The standard InChI is InChI=1S/C14H14FN3O2/c1-2-11-8-18(14(19)20-11)10-3-4-13(12(15)7-10)17-6-5-16-9-17/h3-7,9,11H,2,8H2,1H3/t11-/m0/s1. The van der Waals surface area contributed by atoms with Crippen LogP contribution in [0.15, 0.2) is 36.9 Å². The van der Waals surface area contributed by atoms with Crippen LogP contribution in [0.1, 0.15) is 13.3 Å². The zero-order chi connectivity index (χ0) is 14.1. The summed E-state index contributed by atoms with van der Waals surface area (Å²) in [4.78, 5) is 17.1. The van der Waals surface area contributed by atoms with E-state index < -0.39 is 11.9 Å². The topological polar surface area (TPSA) is 47.4 Å². The molecule has 104 valence electrons. The van der Waals surface area contributed by atoms with Crippen molar-refractivity contribution in [2.75, 3.05) is 11.4 Å². The number of benzene rings is 1. The van der Waals surface area contributed by atoms with Crippen LogP contribution in [-0.2, 0) is 4.74 Å². The Morgan fingerprint density at radius 2 is 2.35 bits per heavy atom. The molecule has 0 radical (unpaired) electrons. The number of amides is 1. The zero-order valence-electron chi connectivity index (χ0n) is 11.0. The quantitative estimate of drug-likeness (QED) is 0.865. The number of imidazole rings is 1. The highest BCUT2D eigenvalue weighted by molar-refractivity contribution is 5.89. The van der Waals surface area contributed by atoms with Gasteiger partial charge >= 0.3 is 6.09 Å². The van der Waals surface area contributed by atoms with Crippen LogP contribution >= 0.6 is 0 Å². The van der Waals surface area contributed by atoms with Crippen molar-refractivity contribution in [3.8, 4) is 5.69 Å². The van der Waals surface area contributed by atoms with Gasteiger partial charge in [-0.1, -0.05) is 6.92 Å². The number of cyclic esters (lactones) is 1. The summed E-state index contributed by atoms with van der Waals surface area (Å²) >= 11 is 0. The van der Waals surface area contributed by atoms with Crippen LogP contribution in [0.5, 0.6) is 0 Å². The molecule has 5 nitrogen and oxygen atoms in total. The molecule has 1 saturated heterocycles. The fourth-order valence-corrected chi connectivity index (χ4v) is 2.22. The Kier molecular flexibility index (Phi) is 3.14. The van der Waals surface area contributed by atoms with Gasteiger partial charge in [0.05, 0.1) is 24.2 Å². The van der Waals surface area contributed by atoms with Crippen molar-refractivity contribution in [2.45, 2.75) is 19.4 Å². The van der Waals surface area contributed by atoms with E-state index in [0.717, 1.165) is 6.42 Å². The first-order valence-electron chi connectivity index (χ1n) is 6.45. The minimum atomic E-state index is -0.424. The van der Waals surface area contributed by atoms with E-state index in [1.165, 1.54) is 17.3 Å². The maximum absolute atomic E-state index is 14.1. The molecule has 1 fully saturated rings. The Hall–Kier alpha value is -2.37. The lowest BCUT2D eigenvalue weighted by Crippen LogP contribution is -2.24. The van der Waals surface area contributed by atoms with Crippen molar-refractivity contribution in [1.29, 1.82) is 0 Å². The first-order valence-corrected chi connectivity index (χ1v) is 6.45. The summed E-state index contributed by atoms with van der Waals surface area (Å²) in [5.41, 5.74) is 0.901. The van der Waals surface area contributed by atoms with Gasteiger partial charge in [-0.25, -0.2) is 14.2 Å². The van der Waals surface area contributed by atoms with Crippen LogP contribution in [0.25, 0.3) is 5.69 Å². The first-order chi connectivity index (χ1) is 9.69. The molecule has 1 atom stereocenters. The van der Waals surface area contributed by atoms with Gasteiger partial charge in [0.15, 0.2) is 0 Å². The molecule has 0 saturated carbocycles. The van der Waals surface area contributed by atoms with Crippen molar-refractivity contribution in [2.24, 2.45) is 0 Å². The van der Waals surface area contributed by atoms with Gasteiger partial charge in [0.2, 0.25) is 0 Å². The summed E-state index contributed by atoms with van der Waals surface area (Å²) in [6.45, 7) is 2.41. The molecule has 1 aromatic heterocycles. The number of carbonyl (C=O) groups excluding carboxylic acids is 1. The van der Waals surface area contributed by atoms with Gasteiger partial charge in [-0.15, -0.1) is 0 Å². The van der Waals surface area contributed by atoms with Crippen molar-refractivity contribution in [1.82, 2.24) is 9.55 Å². The molecule has 0 unspecified atom stereocenters. The summed E-state index contributed by atoms with van der Waals surface area (Å²) in [5, 5.41) is 0. The summed E-state index contributed by atoms with van der Waals surface area (Å²) in [5.74, 6) is -0.409. The molecule has 0 N–H and O–H groups in total. The molecule has 1 aliphatic heterocycles. The van der Waals surface area contributed by atoms with Crippen LogP contribution in [0.2, 0.25) is 0 Å². The number of halogens is 1. The predicted octanol–water partition coefficient (Wildman–Crippen LogP) is 2.75. The van der Waals surface area contributed by atoms with Gasteiger partial charge in [-0.05, 0) is 24.6 Å². The van der Waals surface area contributed by atoms with Gasteiger partial charge in [-0.2, -0.15) is 0 Å². The number of anilines is 1. The lowest BCUT2D eigenvalue weighted by atomic mass is 10.2. The average Bonchev–Trinajstić information content (AvgIpc) is 3.07. The Bertz CT molecular complexity index is 627. The Balaban J connectivity index is 1.89. The molecule has 0 spiro atoms. The number of nitrogens with zero attached hydrogens (tertiary/aromatic N) is 3. The van der Waals surface area contributed by atoms with E-state index >= 15 is 0 Å². The molecule has 6 heteroatoms. The third kappa shape index (κ3) is 2.13. The summed E-state index contributed by atoms with van der Waals surface area (Å²) in [6, 6.07) is 4.67. The third-order valence-electron chi connectivity index (χ3n) is 3.35. The second-order valence-corrected chi connectivity index (χ2v) is 4.63. The van der Waals surface area contributed by atoms with E-state index in [4.69, 9.17) is 4.74 Å². The minimum absolute atomic E-state index is 0.126. The molecule has 3 rings (SSSR count). The molecular formula is C14H14FN3O2. The summed E-state index contributed by atoms with van der Waals surface area (Å²) in [6.07, 6.45) is 4.96. The Labute approximate surface area is 115 Å². The van der Waals surface area contributed by atoms with Gasteiger partial charge in [-0.3, -0.25) is 4.90 Å². The van der Waals surface area contributed by atoms with E-state index in [9.17, 15) is 9.18 Å². The Morgan fingerprint density at radius 1 is 1.50 bits per heavy atom. The lowest BCUT2D eigenvalue weighted by molar-refractivity contribution is 0.139. The predicted molar refractivity (Wildman–Crippen MR) is 71.4 cm³/mol. The van der Waals surface area contributed by atoms with Crippen molar-refractivity contribution >= 4 is 11.8 Å². The fourth-order valence-electron chi connectivity index (χ4n) is 2.22. The molecular weight excluding hydrogens is 261 g/mol. The highest BCUT2D eigenvalue weighted by atomic mass is 19.1. The molecule has 2 aromatic rings. The number of aromatic nitrogens is 2. The average molecular weight is 275 g/mol. The van der Waals surface area contributed by atoms with E-state index in [2.05, 4.69) is 4.98 Å². The van der Waals surface area contributed by atoms with E-state index in [1.54, 1.807) is 29.1 Å². The van der Waals surface area contributed by atoms with Crippen molar-refractivity contribution < 1.29 is 13.9 Å². The van der Waals surface area contributed by atoms with Crippen LogP contribution in [0, 0.1) is 5.82 Å². The van der Waals surface area contributed by atoms with Crippen LogP contribution in [-0.4, -0.2) is 28.3 Å². The second-order valence-electron chi connectivity index (χ2n) is 4.63. The molecule has 20 heavy (non-hydrogen) atoms. The van der Waals surface area contributed by atoms with Crippen molar-refractivity contribution in [3.05, 3.63) is 42.7 Å². The summed E-state index contributed by atoms with van der Waals surface area (Å²) < 4.78 is 20.9. The Morgan fingerprint density at radius 3 is 2.95 bits per heavy atom. The molecule has 2 heterocycles. The maximum Gasteiger partial charge on any atom is 0.414 e. The lowest BCUT2D eigenvalue weighted by Gasteiger charge is -2.14. The molecule has 1 aromatic carbocycles. The highest BCUT2D eigenvalue weighted by Gasteiger charge is 2.31. The highest BCUT2D eigenvalue weighted by Crippen LogP contribution is 2.26. The molecule has 0 bridgehead atoms. The van der Waals surface area contributed by atoms with E-state index in [-0.39, 0.29) is 6.10 Å². The smallest absolute Gasteiger partial charge is 0.414 e. The molecule has 0 aliphatic carbocycles. The van der Waals surface area contributed by atoms with Gasteiger partial charge in [0.25, 0.3) is 0 Å². The minimum Gasteiger partial charge on any atom is -0.444 e. The number of hydrogen-bond donors (Lipinski definition) is 0. The fraction of sp³-hybridized carbons (Fsp3) is 0.286. The molecule has 1 aliphatic rings. The second kappa shape index (κ2) is 4.96. The maximum atomic E-state index is 14.1. The molecule has 1 amide bonds. The largest absolute Gasteiger partial charge is 0.444 e. The van der Waals surface area contributed by atoms with Gasteiger partial charge in [0, 0.05) is 12.4 Å². The number of ether oxygens (including phenoxy) is 1. The van der Waals surface area contributed by atoms with Gasteiger partial charge < -0.3 is 9.30 Å². The SMILES string of the molecule is CC[C@H]1CN(c2ccc(-n3ccnc3)c(F)c2)C(=O)O1.